The van der Waals surface area contributed by atoms with Crippen molar-refractivity contribution in [3.05, 3.63) is 23.8 Å². The Morgan fingerprint density at radius 1 is 1.47 bits per heavy atom. The highest BCUT2D eigenvalue weighted by Crippen LogP contribution is 2.39. The smallest absolute Gasteiger partial charge is 0.377 e. The number of nitrogens with zero attached hydrogens (tertiary/aromatic N) is 3. The Morgan fingerprint density at radius 3 is 2.68 bits per heavy atom. The van der Waals surface area contributed by atoms with E-state index in [9.17, 15) is 18.3 Å². The summed E-state index contributed by atoms with van der Waals surface area (Å²) < 4.78 is 39.7. The van der Waals surface area contributed by atoms with E-state index in [0.717, 1.165) is 6.92 Å². The lowest BCUT2D eigenvalue weighted by Crippen LogP contribution is -2.39. The van der Waals surface area contributed by atoms with Crippen LogP contribution in [0.5, 0.6) is 0 Å². The van der Waals surface area contributed by atoms with Gasteiger partial charge >= 0.3 is 6.18 Å². The van der Waals surface area contributed by atoms with Gasteiger partial charge in [-0.1, -0.05) is 6.58 Å². The van der Waals surface area contributed by atoms with Crippen molar-refractivity contribution in [2.75, 3.05) is 6.54 Å². The minimum atomic E-state index is -4.69. The van der Waals surface area contributed by atoms with E-state index in [1.165, 1.54) is 4.57 Å². The van der Waals surface area contributed by atoms with Crippen LogP contribution in [0.2, 0.25) is 0 Å². The minimum Gasteiger partial charge on any atom is -0.377 e. The second-order valence-electron chi connectivity index (χ2n) is 4.84. The van der Waals surface area contributed by atoms with Gasteiger partial charge in [-0.15, -0.1) is 10.2 Å². The number of hydrogen-bond donors (Lipinski definition) is 2. The van der Waals surface area contributed by atoms with Crippen molar-refractivity contribution in [2.24, 2.45) is 0 Å². The van der Waals surface area contributed by atoms with Crippen LogP contribution in [0.25, 0.3) is 0 Å². The summed E-state index contributed by atoms with van der Waals surface area (Å²) >= 11 is 0. The molecule has 2 atom stereocenters. The molecule has 0 fully saturated rings. The monoisotopic (exact) mass is 276 g/mol. The fourth-order valence-electron chi connectivity index (χ4n) is 2.13. The van der Waals surface area contributed by atoms with Crippen molar-refractivity contribution >= 4 is 0 Å². The quantitative estimate of drug-likeness (QED) is 0.798. The Labute approximate surface area is 108 Å². The van der Waals surface area contributed by atoms with E-state index >= 15 is 0 Å². The first-order valence-electron chi connectivity index (χ1n) is 5.79. The molecule has 0 aromatic carbocycles. The third-order valence-corrected chi connectivity index (χ3v) is 3.30. The lowest BCUT2D eigenvalue weighted by Gasteiger charge is -2.30. The normalized spacial score (nSPS) is 22.7. The highest BCUT2D eigenvalue weighted by atomic mass is 19.4. The van der Waals surface area contributed by atoms with Crippen molar-refractivity contribution in [2.45, 2.75) is 38.2 Å². The predicted molar refractivity (Wildman–Crippen MR) is 61.2 cm³/mol. The summed E-state index contributed by atoms with van der Waals surface area (Å²) in [6.45, 7) is 6.79. The number of alkyl halides is 3. The van der Waals surface area contributed by atoms with E-state index in [0.29, 0.717) is 18.9 Å². The maximum Gasteiger partial charge on any atom is 0.415 e. The topological polar surface area (TPSA) is 63.0 Å². The summed E-state index contributed by atoms with van der Waals surface area (Å²) in [7, 11) is 0. The van der Waals surface area contributed by atoms with Gasteiger partial charge in [0.05, 0.1) is 12.1 Å². The van der Waals surface area contributed by atoms with Gasteiger partial charge in [-0.3, -0.25) is 0 Å². The van der Waals surface area contributed by atoms with E-state index < -0.39 is 17.4 Å². The number of aromatic nitrogens is 3. The Hall–Kier alpha value is -1.41. The largest absolute Gasteiger partial charge is 0.415 e. The molecule has 0 amide bonds. The van der Waals surface area contributed by atoms with Crippen LogP contribution >= 0.6 is 0 Å². The summed E-state index contributed by atoms with van der Waals surface area (Å²) in [5.74, 6) is 0.378. The second-order valence-corrected chi connectivity index (χ2v) is 4.84. The Kier molecular flexibility index (Phi) is 3.18. The van der Waals surface area contributed by atoms with E-state index in [4.69, 9.17) is 0 Å². The molecule has 1 aromatic heterocycles. The summed E-state index contributed by atoms with van der Waals surface area (Å²) in [5, 5.41) is 20.8. The van der Waals surface area contributed by atoms with Crippen molar-refractivity contribution in [1.82, 2.24) is 20.1 Å². The maximum atomic E-state index is 12.7. The molecule has 0 saturated heterocycles. The van der Waals surface area contributed by atoms with Crippen LogP contribution in [-0.4, -0.2) is 32.6 Å². The molecule has 106 valence electrons. The summed E-state index contributed by atoms with van der Waals surface area (Å²) in [4.78, 5) is 0. The van der Waals surface area contributed by atoms with E-state index in [1.54, 1.807) is 0 Å². The molecule has 1 unspecified atom stereocenters. The molecular weight excluding hydrogens is 261 g/mol. The van der Waals surface area contributed by atoms with Gasteiger partial charge in [-0.05, 0) is 13.8 Å². The third-order valence-electron chi connectivity index (χ3n) is 3.30. The SMILES string of the molecule is C=C(C(F)(F)F)C(C)(O)c1nnc2n1[C@@H](C)CNC2. The third kappa shape index (κ3) is 2.25. The molecule has 0 saturated carbocycles. The number of halogens is 3. The average Bonchev–Trinajstić information content (AvgIpc) is 2.72. The van der Waals surface area contributed by atoms with Gasteiger partial charge in [0, 0.05) is 12.6 Å². The predicted octanol–water partition coefficient (Wildman–Crippen LogP) is 1.27. The minimum absolute atomic E-state index is 0.126. The molecule has 2 N–H and O–H groups in total. The Morgan fingerprint density at radius 2 is 2.11 bits per heavy atom. The van der Waals surface area contributed by atoms with Crippen molar-refractivity contribution < 1.29 is 18.3 Å². The molecular formula is C11H15F3N4O. The Balaban J connectivity index is 2.47. The van der Waals surface area contributed by atoms with E-state index in [2.05, 4.69) is 22.1 Å². The average molecular weight is 276 g/mol. The van der Waals surface area contributed by atoms with Crippen LogP contribution in [0.1, 0.15) is 31.5 Å². The zero-order valence-electron chi connectivity index (χ0n) is 10.6. The first kappa shape index (κ1) is 14.0. The molecule has 1 aromatic rings. The zero-order chi connectivity index (χ0) is 14.4. The molecule has 5 nitrogen and oxygen atoms in total. The fraction of sp³-hybridized carbons (Fsp3) is 0.636. The van der Waals surface area contributed by atoms with Gasteiger partial charge in [0.15, 0.2) is 11.4 Å². The number of aliphatic hydroxyl groups is 1. The molecule has 1 aliphatic rings. The number of rotatable bonds is 2. The first-order chi connectivity index (χ1) is 8.65. The summed E-state index contributed by atoms with van der Waals surface area (Å²) in [5.41, 5.74) is -3.55. The van der Waals surface area contributed by atoms with Gasteiger partial charge in [0.2, 0.25) is 0 Å². The Bertz CT molecular complexity index is 507. The van der Waals surface area contributed by atoms with Crippen LogP contribution < -0.4 is 5.32 Å². The number of fused-ring (bicyclic) bond motifs is 1. The highest BCUT2D eigenvalue weighted by Gasteiger charge is 2.47. The van der Waals surface area contributed by atoms with Crippen molar-refractivity contribution in [3.8, 4) is 0 Å². The maximum absolute atomic E-state index is 12.7. The molecule has 19 heavy (non-hydrogen) atoms. The molecule has 0 spiro atoms. The van der Waals surface area contributed by atoms with Gasteiger partial charge < -0.3 is 15.0 Å². The summed E-state index contributed by atoms with van der Waals surface area (Å²) in [6.07, 6.45) is -4.69. The van der Waals surface area contributed by atoms with Gasteiger partial charge in [0.1, 0.15) is 5.82 Å². The van der Waals surface area contributed by atoms with Gasteiger partial charge in [-0.25, -0.2) is 0 Å². The van der Waals surface area contributed by atoms with Crippen LogP contribution in [0.15, 0.2) is 12.2 Å². The molecule has 0 aliphatic carbocycles. The fourth-order valence-corrected chi connectivity index (χ4v) is 2.13. The molecule has 8 heteroatoms. The second kappa shape index (κ2) is 4.31. The molecule has 2 heterocycles. The van der Waals surface area contributed by atoms with Crippen LogP contribution in [0.4, 0.5) is 13.2 Å². The highest BCUT2D eigenvalue weighted by molar-refractivity contribution is 5.25. The molecule has 1 aliphatic heterocycles. The van der Waals surface area contributed by atoms with E-state index in [1.807, 2.05) is 6.92 Å². The lowest BCUT2D eigenvalue weighted by molar-refractivity contribution is -0.121. The molecule has 0 bridgehead atoms. The van der Waals surface area contributed by atoms with E-state index in [-0.39, 0.29) is 11.9 Å². The summed E-state index contributed by atoms with van der Waals surface area (Å²) in [6, 6.07) is -0.138. The molecule has 2 rings (SSSR count). The van der Waals surface area contributed by atoms with Crippen LogP contribution in [0.3, 0.4) is 0 Å². The zero-order valence-corrected chi connectivity index (χ0v) is 10.6. The van der Waals surface area contributed by atoms with Crippen LogP contribution in [0, 0.1) is 0 Å². The number of nitrogens with one attached hydrogen (secondary N) is 1. The van der Waals surface area contributed by atoms with Gasteiger partial charge in [-0.2, -0.15) is 13.2 Å². The van der Waals surface area contributed by atoms with Gasteiger partial charge in [0.25, 0.3) is 0 Å². The standard InChI is InChI=1S/C11H15F3N4O/c1-6-4-15-5-8-16-17-9(18(6)8)10(3,19)7(2)11(12,13)14/h6,15,19H,2,4-5H2,1,3H3/t6-,10?/m0/s1. The van der Waals surface area contributed by atoms with Crippen LogP contribution in [-0.2, 0) is 12.1 Å². The molecule has 0 radical (unpaired) electrons. The van der Waals surface area contributed by atoms with Crippen molar-refractivity contribution in [3.63, 3.8) is 0 Å². The first-order valence-corrected chi connectivity index (χ1v) is 5.79. The lowest BCUT2D eigenvalue weighted by atomic mass is 9.95. The number of hydrogen-bond acceptors (Lipinski definition) is 4. The van der Waals surface area contributed by atoms with Crippen molar-refractivity contribution in [1.29, 1.82) is 0 Å².